The first kappa shape index (κ1) is 19.9. The topological polar surface area (TPSA) is 75.3 Å². The number of hydrogen-bond acceptors (Lipinski definition) is 3. The quantitative estimate of drug-likeness (QED) is 0.625. The van der Waals surface area contributed by atoms with Gasteiger partial charge >= 0.3 is 0 Å². The molecule has 8 heteroatoms. The molecule has 0 heterocycles. The van der Waals surface area contributed by atoms with Gasteiger partial charge in [0.2, 0.25) is 0 Å². The molecule has 0 saturated heterocycles. The van der Waals surface area contributed by atoms with Crippen LogP contribution in [-0.4, -0.2) is 20.4 Å². The summed E-state index contributed by atoms with van der Waals surface area (Å²) in [6.07, 6.45) is 0.782. The molecule has 5 nitrogen and oxygen atoms in total. The van der Waals surface area contributed by atoms with E-state index in [1.807, 2.05) is 13.8 Å². The molecule has 0 aromatic heterocycles. The van der Waals surface area contributed by atoms with Gasteiger partial charge in [-0.25, -0.2) is 8.42 Å². The van der Waals surface area contributed by atoms with E-state index < -0.39 is 10.0 Å². The van der Waals surface area contributed by atoms with Gasteiger partial charge in [0.15, 0.2) is 0 Å². The van der Waals surface area contributed by atoms with E-state index in [1.54, 1.807) is 36.4 Å². The van der Waals surface area contributed by atoms with Crippen molar-refractivity contribution in [3.05, 3.63) is 57.0 Å². The van der Waals surface area contributed by atoms with Crippen molar-refractivity contribution < 1.29 is 13.2 Å². The third-order valence-electron chi connectivity index (χ3n) is 3.59. The number of carbonyl (C=O) groups is 1. The van der Waals surface area contributed by atoms with Crippen LogP contribution in [0.2, 0.25) is 0 Å². The highest BCUT2D eigenvalue weighted by Gasteiger charge is 2.21. The van der Waals surface area contributed by atoms with Crippen molar-refractivity contribution in [3.8, 4) is 0 Å². The van der Waals surface area contributed by atoms with Crippen molar-refractivity contribution in [1.29, 1.82) is 0 Å². The summed E-state index contributed by atoms with van der Waals surface area (Å²) in [6.45, 7) is 3.85. The maximum atomic E-state index is 12.7. The first-order valence-electron chi connectivity index (χ1n) is 7.62. The Labute approximate surface area is 164 Å². The summed E-state index contributed by atoms with van der Waals surface area (Å²) < 4.78 is 29.0. The summed E-state index contributed by atoms with van der Waals surface area (Å²) in [4.78, 5) is 12.5. The molecule has 0 spiro atoms. The van der Waals surface area contributed by atoms with E-state index in [-0.39, 0.29) is 28.1 Å². The van der Waals surface area contributed by atoms with Crippen LogP contribution in [0.25, 0.3) is 0 Å². The van der Waals surface area contributed by atoms with Crippen molar-refractivity contribution in [2.45, 2.75) is 31.2 Å². The van der Waals surface area contributed by atoms with E-state index in [4.69, 9.17) is 0 Å². The lowest BCUT2D eigenvalue weighted by Gasteiger charge is -2.16. The predicted octanol–water partition coefficient (Wildman–Crippen LogP) is 4.54. The van der Waals surface area contributed by atoms with Crippen molar-refractivity contribution in [3.63, 3.8) is 0 Å². The van der Waals surface area contributed by atoms with Gasteiger partial charge in [-0.1, -0.05) is 35.0 Å². The van der Waals surface area contributed by atoms with Gasteiger partial charge in [0, 0.05) is 15.0 Å². The lowest BCUT2D eigenvalue weighted by Crippen LogP contribution is -2.32. The predicted molar refractivity (Wildman–Crippen MR) is 106 cm³/mol. The van der Waals surface area contributed by atoms with Gasteiger partial charge in [-0.15, -0.1) is 0 Å². The van der Waals surface area contributed by atoms with Crippen molar-refractivity contribution in [2.75, 3.05) is 4.72 Å². The Bertz CT molecular complexity index is 885. The maximum Gasteiger partial charge on any atom is 0.263 e. The second-order valence-corrected chi connectivity index (χ2v) is 8.93. The molecule has 1 unspecified atom stereocenters. The molecule has 0 fully saturated rings. The molecule has 2 N–H and O–H groups in total. The molecule has 25 heavy (non-hydrogen) atoms. The van der Waals surface area contributed by atoms with Crippen molar-refractivity contribution in [1.82, 2.24) is 5.32 Å². The van der Waals surface area contributed by atoms with Crippen LogP contribution in [0.15, 0.2) is 56.3 Å². The van der Waals surface area contributed by atoms with Crippen LogP contribution in [0, 0.1) is 0 Å². The van der Waals surface area contributed by atoms with E-state index in [0.29, 0.717) is 8.95 Å². The standard InChI is InChI=1S/C17H18Br2N2O3S/c1-3-11(2)20-17(22)13-6-4-5-7-15(13)21-25(23,24)16-10-12(18)8-9-14(16)19/h4-11,21H,3H2,1-2H3,(H,20,22). The van der Waals surface area contributed by atoms with Crippen LogP contribution in [0.3, 0.4) is 0 Å². The molecule has 134 valence electrons. The van der Waals surface area contributed by atoms with Crippen molar-refractivity contribution in [2.24, 2.45) is 0 Å². The Morgan fingerprint density at radius 1 is 1.16 bits per heavy atom. The van der Waals surface area contributed by atoms with E-state index in [2.05, 4.69) is 41.9 Å². The molecule has 0 bridgehead atoms. The molecule has 1 atom stereocenters. The Morgan fingerprint density at radius 2 is 1.84 bits per heavy atom. The molecule has 2 rings (SSSR count). The van der Waals surface area contributed by atoms with Crippen LogP contribution < -0.4 is 10.0 Å². The Kier molecular flexibility index (Phi) is 6.65. The molecular formula is C17H18Br2N2O3S. The second kappa shape index (κ2) is 8.33. The number of nitrogens with one attached hydrogen (secondary N) is 2. The third kappa shape index (κ3) is 5.05. The number of para-hydroxylation sites is 1. The largest absolute Gasteiger partial charge is 0.350 e. The molecule has 2 aromatic rings. The number of carbonyl (C=O) groups excluding carboxylic acids is 1. The fraction of sp³-hybridized carbons (Fsp3) is 0.235. The lowest BCUT2D eigenvalue weighted by atomic mass is 10.1. The molecule has 0 radical (unpaired) electrons. The summed E-state index contributed by atoms with van der Waals surface area (Å²) >= 11 is 6.52. The fourth-order valence-electron chi connectivity index (χ4n) is 2.06. The molecule has 0 saturated carbocycles. The number of amides is 1. The zero-order chi connectivity index (χ0) is 18.6. The van der Waals surface area contributed by atoms with Crippen LogP contribution >= 0.6 is 31.9 Å². The highest BCUT2D eigenvalue weighted by atomic mass is 79.9. The SMILES string of the molecule is CCC(C)NC(=O)c1ccccc1NS(=O)(=O)c1cc(Br)ccc1Br. The number of rotatable bonds is 6. The zero-order valence-electron chi connectivity index (χ0n) is 13.7. The van der Waals surface area contributed by atoms with Gasteiger partial charge in [-0.05, 0) is 59.6 Å². The van der Waals surface area contributed by atoms with Crippen molar-refractivity contribution >= 4 is 53.5 Å². The van der Waals surface area contributed by atoms with Crippen LogP contribution in [0.4, 0.5) is 5.69 Å². The summed E-state index contributed by atoms with van der Waals surface area (Å²) in [5.74, 6) is -0.319. The van der Waals surface area contributed by atoms with Gasteiger partial charge in [0.25, 0.3) is 15.9 Å². The summed E-state index contributed by atoms with van der Waals surface area (Å²) in [5.41, 5.74) is 0.507. The minimum atomic E-state index is -3.86. The first-order valence-corrected chi connectivity index (χ1v) is 10.7. The molecule has 0 aliphatic rings. The smallest absolute Gasteiger partial charge is 0.263 e. The molecule has 0 aliphatic carbocycles. The zero-order valence-corrected chi connectivity index (χ0v) is 17.7. The molecule has 2 aromatic carbocycles. The lowest BCUT2D eigenvalue weighted by molar-refractivity contribution is 0.0940. The number of hydrogen-bond donors (Lipinski definition) is 2. The average molecular weight is 490 g/mol. The Hall–Kier alpha value is -1.38. The van der Waals surface area contributed by atoms with Gasteiger partial charge in [0.05, 0.1) is 11.3 Å². The highest BCUT2D eigenvalue weighted by molar-refractivity contribution is 9.11. The Balaban J connectivity index is 2.37. The average Bonchev–Trinajstić information content (AvgIpc) is 2.56. The monoisotopic (exact) mass is 488 g/mol. The molecule has 1 amide bonds. The van der Waals surface area contributed by atoms with Crippen LogP contribution in [-0.2, 0) is 10.0 Å². The number of halogens is 2. The van der Waals surface area contributed by atoms with Gasteiger partial charge in [0.1, 0.15) is 4.90 Å². The van der Waals surface area contributed by atoms with Gasteiger partial charge < -0.3 is 5.32 Å². The first-order chi connectivity index (χ1) is 11.7. The number of anilines is 1. The van der Waals surface area contributed by atoms with Gasteiger partial charge in [-0.3, -0.25) is 9.52 Å². The highest BCUT2D eigenvalue weighted by Crippen LogP contribution is 2.28. The van der Waals surface area contributed by atoms with E-state index in [1.165, 1.54) is 6.07 Å². The summed E-state index contributed by atoms with van der Waals surface area (Å²) in [5, 5.41) is 2.84. The normalized spacial score (nSPS) is 12.5. The van der Waals surface area contributed by atoms with E-state index >= 15 is 0 Å². The third-order valence-corrected chi connectivity index (χ3v) is 6.44. The van der Waals surface area contributed by atoms with Crippen LogP contribution in [0.1, 0.15) is 30.6 Å². The van der Waals surface area contributed by atoms with E-state index in [0.717, 1.165) is 6.42 Å². The minimum absolute atomic E-state index is 0.00335. The molecule has 0 aliphatic heterocycles. The van der Waals surface area contributed by atoms with Gasteiger partial charge in [-0.2, -0.15) is 0 Å². The Morgan fingerprint density at radius 3 is 2.52 bits per heavy atom. The molecular weight excluding hydrogens is 472 g/mol. The van der Waals surface area contributed by atoms with Crippen LogP contribution in [0.5, 0.6) is 0 Å². The number of sulfonamides is 1. The summed E-state index contributed by atoms with van der Waals surface area (Å²) in [7, 11) is -3.86. The maximum absolute atomic E-state index is 12.7. The van der Waals surface area contributed by atoms with E-state index in [9.17, 15) is 13.2 Å². The second-order valence-electron chi connectivity index (χ2n) is 5.51. The minimum Gasteiger partial charge on any atom is -0.350 e. The fourth-order valence-corrected chi connectivity index (χ4v) is 4.64. The summed E-state index contributed by atoms with van der Waals surface area (Å²) in [6, 6.07) is 11.4. The number of benzene rings is 2.